The van der Waals surface area contributed by atoms with Crippen molar-refractivity contribution in [2.75, 3.05) is 31.2 Å². The zero-order valence-electron chi connectivity index (χ0n) is 15.5. The van der Waals surface area contributed by atoms with E-state index in [1.807, 2.05) is 64.0 Å². The molecule has 2 aromatic carbocycles. The molecule has 29 heavy (non-hydrogen) atoms. The average Bonchev–Trinajstić information content (AvgIpc) is 3.14. The third-order valence-corrected chi connectivity index (χ3v) is 5.71. The summed E-state index contributed by atoms with van der Waals surface area (Å²) in [5.41, 5.74) is 3.69. The molecule has 146 valence electrons. The maximum Gasteiger partial charge on any atom is 0.269 e. The third-order valence-electron chi connectivity index (χ3n) is 4.93. The molecule has 0 saturated carbocycles. The standard InChI is InChI=1S/C21H18BrClN5O/c22-16-3-7-18(8-4-16)27-25-21(15-1-5-17(23)6-2-15)19-9-10-20(24-28(19)27)26-11-13-29-14-12-26/h1-10H,11-14H2/q+1. The molecule has 0 atom stereocenters. The van der Waals surface area contributed by atoms with Crippen LogP contribution in [0, 0.1) is 0 Å². The first-order chi connectivity index (χ1) is 14.2. The molecule has 6 nitrogen and oxygen atoms in total. The summed E-state index contributed by atoms with van der Waals surface area (Å²) < 4.78 is 8.35. The summed E-state index contributed by atoms with van der Waals surface area (Å²) in [7, 11) is 0. The van der Waals surface area contributed by atoms with E-state index < -0.39 is 0 Å². The van der Waals surface area contributed by atoms with Gasteiger partial charge in [-0.05, 0) is 47.3 Å². The zero-order chi connectivity index (χ0) is 19.8. The topological polar surface area (TPSA) is 46.5 Å². The zero-order valence-corrected chi connectivity index (χ0v) is 17.8. The van der Waals surface area contributed by atoms with Gasteiger partial charge in [0.25, 0.3) is 5.82 Å². The first kappa shape index (κ1) is 18.5. The van der Waals surface area contributed by atoms with Crippen LogP contribution in [0.1, 0.15) is 0 Å². The number of nitrogens with zero attached hydrogens (tertiary/aromatic N) is 5. The van der Waals surface area contributed by atoms with Gasteiger partial charge >= 0.3 is 0 Å². The molecule has 0 bridgehead atoms. The van der Waals surface area contributed by atoms with Crippen molar-refractivity contribution in [3.63, 3.8) is 0 Å². The highest BCUT2D eigenvalue weighted by molar-refractivity contribution is 9.10. The number of hydrogen-bond donors (Lipinski definition) is 0. The summed E-state index contributed by atoms with van der Waals surface area (Å²) in [6, 6.07) is 19.9. The van der Waals surface area contributed by atoms with Crippen LogP contribution in [0.15, 0.2) is 65.1 Å². The summed E-state index contributed by atoms with van der Waals surface area (Å²) in [4.78, 5) is 4.06. The van der Waals surface area contributed by atoms with Crippen molar-refractivity contribution in [2.45, 2.75) is 0 Å². The van der Waals surface area contributed by atoms with Gasteiger partial charge in [0, 0.05) is 38.8 Å². The average molecular weight is 472 g/mol. The summed E-state index contributed by atoms with van der Waals surface area (Å²) in [6.45, 7) is 3.09. The highest BCUT2D eigenvalue weighted by Crippen LogP contribution is 2.25. The van der Waals surface area contributed by atoms with Crippen molar-refractivity contribution < 1.29 is 9.53 Å². The molecule has 4 aromatic rings. The van der Waals surface area contributed by atoms with Gasteiger partial charge in [-0.15, -0.1) is 0 Å². The first-order valence-electron chi connectivity index (χ1n) is 9.36. The summed E-state index contributed by atoms with van der Waals surface area (Å²) in [5.74, 6) is 0.909. The number of fused-ring (bicyclic) bond motifs is 1. The third kappa shape index (κ3) is 3.61. The van der Waals surface area contributed by atoms with Crippen LogP contribution in [0.2, 0.25) is 5.02 Å². The lowest BCUT2D eigenvalue weighted by Gasteiger charge is -2.24. The Morgan fingerprint density at radius 1 is 0.931 bits per heavy atom. The van der Waals surface area contributed by atoms with Gasteiger partial charge in [0.05, 0.1) is 18.3 Å². The van der Waals surface area contributed by atoms with Gasteiger partial charge in [-0.2, -0.15) is 0 Å². The Balaban J connectivity index is 1.69. The van der Waals surface area contributed by atoms with Gasteiger partial charge in [-0.3, -0.25) is 0 Å². The molecule has 0 spiro atoms. The van der Waals surface area contributed by atoms with Crippen LogP contribution < -0.4 is 9.70 Å². The second-order valence-electron chi connectivity index (χ2n) is 6.79. The number of halogens is 2. The van der Waals surface area contributed by atoms with Gasteiger partial charge in [0.15, 0.2) is 11.2 Å². The Labute approximate surface area is 181 Å². The summed E-state index contributed by atoms with van der Waals surface area (Å²) in [5, 5.41) is 10.5. The van der Waals surface area contributed by atoms with Crippen molar-refractivity contribution in [1.29, 1.82) is 0 Å². The number of morpholine rings is 1. The largest absolute Gasteiger partial charge is 0.378 e. The van der Waals surface area contributed by atoms with E-state index in [1.54, 1.807) is 0 Å². The number of rotatable bonds is 3. The molecular weight excluding hydrogens is 454 g/mol. The second kappa shape index (κ2) is 7.74. The molecule has 0 aliphatic carbocycles. The lowest BCUT2D eigenvalue weighted by Crippen LogP contribution is -2.42. The molecule has 3 heterocycles. The minimum Gasteiger partial charge on any atom is -0.378 e. The summed E-state index contributed by atoms with van der Waals surface area (Å²) >= 11 is 9.57. The maximum atomic E-state index is 6.08. The normalized spacial score (nSPS) is 14.5. The highest BCUT2D eigenvalue weighted by atomic mass is 79.9. The molecule has 1 aliphatic heterocycles. The molecule has 2 aromatic heterocycles. The predicted octanol–water partition coefficient (Wildman–Crippen LogP) is 3.93. The number of anilines is 1. The van der Waals surface area contributed by atoms with E-state index in [9.17, 15) is 0 Å². The van der Waals surface area contributed by atoms with Gasteiger partial charge in [-0.1, -0.05) is 44.8 Å². The van der Waals surface area contributed by atoms with E-state index in [-0.39, 0.29) is 0 Å². The smallest absolute Gasteiger partial charge is 0.269 e. The van der Waals surface area contributed by atoms with Crippen molar-refractivity contribution in [1.82, 2.24) is 14.8 Å². The van der Waals surface area contributed by atoms with Crippen LogP contribution in [0.5, 0.6) is 0 Å². The molecule has 5 rings (SSSR count). The second-order valence-corrected chi connectivity index (χ2v) is 8.14. The number of hydrogen-bond acceptors (Lipinski definition) is 4. The molecule has 0 unspecified atom stereocenters. The van der Waals surface area contributed by atoms with Crippen LogP contribution in [0.4, 0.5) is 5.82 Å². The Hall–Kier alpha value is -2.48. The van der Waals surface area contributed by atoms with Crippen molar-refractivity contribution in [2.24, 2.45) is 0 Å². The molecule has 0 N–H and O–H groups in total. The lowest BCUT2D eigenvalue weighted by molar-refractivity contribution is -0.729. The number of ether oxygens (including phenoxy) is 1. The Morgan fingerprint density at radius 2 is 1.66 bits per heavy atom. The lowest BCUT2D eigenvalue weighted by atomic mass is 10.1. The van der Waals surface area contributed by atoms with Crippen molar-refractivity contribution in [3.05, 3.63) is 70.2 Å². The van der Waals surface area contributed by atoms with Crippen LogP contribution in [-0.2, 0) is 4.74 Å². The Morgan fingerprint density at radius 3 is 2.38 bits per heavy atom. The van der Waals surface area contributed by atoms with Crippen LogP contribution >= 0.6 is 27.5 Å². The minimum atomic E-state index is 0.700. The number of aromatic nitrogens is 4. The monoisotopic (exact) mass is 470 g/mol. The van der Waals surface area contributed by atoms with Crippen molar-refractivity contribution in [3.8, 4) is 16.9 Å². The molecule has 1 fully saturated rings. The fourth-order valence-electron chi connectivity index (χ4n) is 3.43. The van der Waals surface area contributed by atoms with Gasteiger partial charge in [0.2, 0.25) is 0 Å². The highest BCUT2D eigenvalue weighted by Gasteiger charge is 2.24. The van der Waals surface area contributed by atoms with Crippen LogP contribution in [0.3, 0.4) is 0 Å². The molecule has 1 aliphatic rings. The molecule has 8 heteroatoms. The van der Waals surface area contributed by atoms with Gasteiger partial charge in [0.1, 0.15) is 5.69 Å². The van der Waals surface area contributed by atoms with Crippen LogP contribution in [-0.4, -0.2) is 41.1 Å². The quantitative estimate of drug-likeness (QED) is 0.425. The SMILES string of the molecule is Clc1ccc(-c2n[n+](-c3ccc(Br)cc3)n3nc(N4CCOCC4)ccc23)cc1. The number of benzene rings is 2. The van der Waals surface area contributed by atoms with E-state index in [0.717, 1.165) is 45.8 Å². The molecule has 0 radical (unpaired) electrons. The minimum absolute atomic E-state index is 0.700. The van der Waals surface area contributed by atoms with E-state index in [0.29, 0.717) is 18.2 Å². The van der Waals surface area contributed by atoms with Crippen molar-refractivity contribution >= 4 is 38.9 Å². The van der Waals surface area contributed by atoms with Crippen LogP contribution in [0.25, 0.3) is 22.5 Å². The van der Waals surface area contributed by atoms with E-state index in [4.69, 9.17) is 26.5 Å². The summed E-state index contributed by atoms with van der Waals surface area (Å²) in [6.07, 6.45) is 0. The van der Waals surface area contributed by atoms with E-state index in [1.165, 1.54) is 0 Å². The maximum absolute atomic E-state index is 6.08. The van der Waals surface area contributed by atoms with Gasteiger partial charge < -0.3 is 9.64 Å². The Kier molecular flexibility index (Phi) is 4.95. The predicted molar refractivity (Wildman–Crippen MR) is 116 cm³/mol. The van der Waals surface area contributed by atoms with E-state index >= 15 is 0 Å². The van der Waals surface area contributed by atoms with E-state index in [2.05, 4.69) is 26.9 Å². The fraction of sp³-hybridized carbons (Fsp3) is 0.190. The first-order valence-corrected chi connectivity index (χ1v) is 10.5. The fourth-order valence-corrected chi connectivity index (χ4v) is 3.82. The Bertz CT molecular complexity index is 1150. The van der Waals surface area contributed by atoms with Gasteiger partial charge in [-0.25, -0.2) is 0 Å². The molecule has 0 amide bonds. The molecular formula is C21H18BrClN5O+. The molecule has 1 saturated heterocycles.